The minimum atomic E-state index is 0.352. The van der Waals surface area contributed by atoms with E-state index in [9.17, 15) is 0 Å². The zero-order chi connectivity index (χ0) is 17.4. The molecule has 4 atom stereocenters. The van der Waals surface area contributed by atoms with E-state index in [0.717, 1.165) is 24.9 Å². The topological polar surface area (TPSA) is 24.7 Å². The number of fused-ring (bicyclic) bond motifs is 4. The van der Waals surface area contributed by atoms with Gasteiger partial charge in [0, 0.05) is 22.3 Å². The fourth-order valence-electron chi connectivity index (χ4n) is 6.70. The summed E-state index contributed by atoms with van der Waals surface area (Å²) in [6.45, 7) is 16.6. The second kappa shape index (κ2) is 4.95. The fraction of sp³-hybridized carbons (Fsp3) is 0.909. The Labute approximate surface area is 148 Å². The molecule has 4 rings (SSSR count). The maximum Gasteiger partial charge on any atom is 0.0584 e. The second-order valence-corrected chi connectivity index (χ2v) is 10.6. The molecule has 0 heterocycles. The van der Waals surface area contributed by atoms with Crippen molar-refractivity contribution in [2.45, 2.75) is 80.1 Å². The zero-order valence-electron chi connectivity index (χ0n) is 16.7. The lowest BCUT2D eigenvalue weighted by Crippen LogP contribution is -2.33. The van der Waals surface area contributed by atoms with E-state index in [1.165, 1.54) is 49.9 Å². The molecule has 0 N–H and O–H groups in total. The fourth-order valence-corrected chi connectivity index (χ4v) is 6.70. The number of rotatable bonds is 3. The molecule has 0 aromatic carbocycles. The van der Waals surface area contributed by atoms with Gasteiger partial charge in [-0.1, -0.05) is 41.5 Å². The average molecular weight is 329 g/mol. The van der Waals surface area contributed by atoms with Gasteiger partial charge in [0.1, 0.15) is 0 Å². The van der Waals surface area contributed by atoms with Crippen molar-refractivity contribution in [3.8, 4) is 0 Å². The smallest absolute Gasteiger partial charge is 0.0584 e. The summed E-state index contributed by atoms with van der Waals surface area (Å²) in [5, 5.41) is 0. The van der Waals surface area contributed by atoms with Crippen LogP contribution >= 0.6 is 0 Å². The van der Waals surface area contributed by atoms with Crippen LogP contribution in [0.15, 0.2) is 9.98 Å². The Balaban J connectivity index is 1.43. The van der Waals surface area contributed by atoms with Crippen molar-refractivity contribution < 1.29 is 0 Å². The van der Waals surface area contributed by atoms with Gasteiger partial charge in [0.05, 0.1) is 13.1 Å². The third kappa shape index (κ3) is 1.89. The average Bonchev–Trinajstić information content (AvgIpc) is 3.02. The highest BCUT2D eigenvalue weighted by Gasteiger charge is 2.60. The molecule has 4 aliphatic rings. The molecule has 0 radical (unpaired) electrons. The third-order valence-electron chi connectivity index (χ3n) is 9.73. The van der Waals surface area contributed by atoms with Crippen molar-refractivity contribution in [2.24, 2.45) is 43.5 Å². The van der Waals surface area contributed by atoms with Gasteiger partial charge < -0.3 is 0 Å². The Morgan fingerprint density at radius 1 is 0.708 bits per heavy atom. The third-order valence-corrected chi connectivity index (χ3v) is 9.73. The van der Waals surface area contributed by atoms with E-state index < -0.39 is 0 Å². The van der Waals surface area contributed by atoms with Gasteiger partial charge in [-0.2, -0.15) is 0 Å². The molecule has 0 aliphatic heterocycles. The van der Waals surface area contributed by atoms with Crippen LogP contribution in [-0.2, 0) is 0 Å². The Morgan fingerprint density at radius 2 is 1.08 bits per heavy atom. The van der Waals surface area contributed by atoms with Crippen molar-refractivity contribution in [3.63, 3.8) is 0 Å². The summed E-state index contributed by atoms with van der Waals surface area (Å²) < 4.78 is 0. The Morgan fingerprint density at radius 3 is 1.33 bits per heavy atom. The maximum absolute atomic E-state index is 5.06. The molecule has 0 amide bonds. The summed E-state index contributed by atoms with van der Waals surface area (Å²) >= 11 is 0. The van der Waals surface area contributed by atoms with E-state index in [0.29, 0.717) is 21.7 Å². The molecular formula is C22H36N2. The van der Waals surface area contributed by atoms with E-state index in [1.54, 1.807) is 0 Å². The van der Waals surface area contributed by atoms with Gasteiger partial charge in [-0.15, -0.1) is 0 Å². The quantitative estimate of drug-likeness (QED) is 0.606. The van der Waals surface area contributed by atoms with Gasteiger partial charge in [-0.05, 0) is 61.2 Å². The minimum absolute atomic E-state index is 0.352. The molecule has 4 saturated carbocycles. The summed E-state index contributed by atoms with van der Waals surface area (Å²) in [5.74, 6) is 1.72. The van der Waals surface area contributed by atoms with E-state index in [-0.39, 0.29) is 0 Å². The van der Waals surface area contributed by atoms with Crippen LogP contribution in [-0.4, -0.2) is 24.5 Å². The minimum Gasteiger partial charge on any atom is -0.292 e. The van der Waals surface area contributed by atoms with E-state index >= 15 is 0 Å². The van der Waals surface area contributed by atoms with Gasteiger partial charge in [0.15, 0.2) is 0 Å². The highest BCUT2D eigenvalue weighted by molar-refractivity contribution is 5.95. The van der Waals surface area contributed by atoms with Crippen LogP contribution < -0.4 is 0 Å². The largest absolute Gasteiger partial charge is 0.292 e. The molecule has 0 aromatic heterocycles. The molecule has 4 unspecified atom stereocenters. The first-order valence-corrected chi connectivity index (χ1v) is 10.2. The molecule has 4 aliphatic carbocycles. The van der Waals surface area contributed by atoms with Crippen molar-refractivity contribution in [3.05, 3.63) is 0 Å². The van der Waals surface area contributed by atoms with Crippen LogP contribution in [0.4, 0.5) is 0 Å². The lowest BCUT2D eigenvalue weighted by molar-refractivity contribution is 0.193. The summed E-state index contributed by atoms with van der Waals surface area (Å²) in [6, 6.07) is 0. The Bertz CT molecular complexity index is 557. The molecule has 0 spiro atoms. The van der Waals surface area contributed by atoms with Crippen LogP contribution in [0, 0.1) is 33.5 Å². The zero-order valence-corrected chi connectivity index (χ0v) is 16.7. The van der Waals surface area contributed by atoms with Crippen LogP contribution in [0.3, 0.4) is 0 Å². The van der Waals surface area contributed by atoms with Crippen molar-refractivity contribution in [1.82, 2.24) is 0 Å². The molecule has 4 fully saturated rings. The maximum atomic E-state index is 5.06. The van der Waals surface area contributed by atoms with Crippen LogP contribution in [0.5, 0.6) is 0 Å². The Kier molecular flexibility index (Phi) is 3.46. The number of hydrogen-bond donors (Lipinski definition) is 0. The van der Waals surface area contributed by atoms with Gasteiger partial charge >= 0.3 is 0 Å². The second-order valence-electron chi connectivity index (χ2n) is 10.6. The number of nitrogens with zero attached hydrogens (tertiary/aromatic N) is 2. The van der Waals surface area contributed by atoms with Crippen molar-refractivity contribution >= 4 is 11.4 Å². The van der Waals surface area contributed by atoms with Crippen molar-refractivity contribution in [1.29, 1.82) is 0 Å². The monoisotopic (exact) mass is 328 g/mol. The van der Waals surface area contributed by atoms with Crippen LogP contribution in [0.2, 0.25) is 0 Å². The standard InChI is InChI=1S/C22H36N2/c1-19(2)15-7-9-21(19,5)17(13-15)23-11-12-24-18-14-16-8-10-22(18,6)20(16,3)4/h15-16H,7-14H2,1-6H3/b23-17-,24-18-. The molecule has 0 saturated heterocycles. The first-order valence-electron chi connectivity index (χ1n) is 10.2. The normalized spacial score (nSPS) is 48.1. The van der Waals surface area contributed by atoms with Gasteiger partial charge in [-0.3, -0.25) is 9.98 Å². The molecule has 134 valence electrons. The summed E-state index contributed by atoms with van der Waals surface area (Å²) in [5.41, 5.74) is 4.60. The first-order chi connectivity index (χ1) is 11.1. The highest BCUT2D eigenvalue weighted by Crippen LogP contribution is 2.65. The Hall–Kier alpha value is -0.660. The molecule has 2 heteroatoms. The lowest BCUT2D eigenvalue weighted by atomic mass is 9.70. The van der Waals surface area contributed by atoms with Crippen LogP contribution in [0.1, 0.15) is 80.1 Å². The molecule has 2 nitrogen and oxygen atoms in total. The molecule has 0 aromatic rings. The van der Waals surface area contributed by atoms with E-state index in [4.69, 9.17) is 9.98 Å². The van der Waals surface area contributed by atoms with Gasteiger partial charge in [-0.25, -0.2) is 0 Å². The predicted molar refractivity (Wildman–Crippen MR) is 103 cm³/mol. The molecular weight excluding hydrogens is 292 g/mol. The first kappa shape index (κ1) is 16.8. The summed E-state index contributed by atoms with van der Waals surface area (Å²) in [4.78, 5) is 10.1. The van der Waals surface area contributed by atoms with Gasteiger partial charge in [0.25, 0.3) is 0 Å². The van der Waals surface area contributed by atoms with Crippen molar-refractivity contribution in [2.75, 3.05) is 13.1 Å². The predicted octanol–water partition coefficient (Wildman–Crippen LogP) is 5.56. The summed E-state index contributed by atoms with van der Waals surface area (Å²) in [6.07, 6.45) is 7.97. The van der Waals surface area contributed by atoms with E-state index in [2.05, 4.69) is 41.5 Å². The van der Waals surface area contributed by atoms with E-state index in [1.807, 2.05) is 0 Å². The lowest BCUT2D eigenvalue weighted by Gasteiger charge is -2.35. The van der Waals surface area contributed by atoms with Crippen LogP contribution in [0.25, 0.3) is 0 Å². The summed E-state index contributed by atoms with van der Waals surface area (Å²) in [7, 11) is 0. The molecule has 4 bridgehead atoms. The molecule has 24 heavy (non-hydrogen) atoms. The number of aliphatic imine (C=N–C) groups is 2. The van der Waals surface area contributed by atoms with Gasteiger partial charge in [0.2, 0.25) is 0 Å². The number of hydrogen-bond acceptors (Lipinski definition) is 2. The SMILES string of the molecule is CC12CCC(C/C1=N/CC/N=C1/CC3CCC1(C)C3(C)C)C2(C)C. The highest BCUT2D eigenvalue weighted by atomic mass is 14.9.